The standard InChI is InChI=1S/C22H17Cl2N3OS2/c1-12-3-4-14(7-13(12)2)16-9-29-21-20(16)22(26-11-25-21)30-10-19(28)27-18-8-15(23)5-6-17(18)24/h3-9,11H,10H2,1-2H3,(H,27,28). The summed E-state index contributed by atoms with van der Waals surface area (Å²) < 4.78 is 0. The number of rotatable bonds is 5. The van der Waals surface area contributed by atoms with Crippen molar-refractivity contribution in [2.24, 2.45) is 0 Å². The van der Waals surface area contributed by atoms with Gasteiger partial charge in [0.15, 0.2) is 0 Å². The van der Waals surface area contributed by atoms with E-state index in [-0.39, 0.29) is 11.7 Å². The van der Waals surface area contributed by atoms with E-state index in [2.05, 4.69) is 52.7 Å². The molecule has 0 aliphatic carbocycles. The molecule has 0 saturated heterocycles. The van der Waals surface area contributed by atoms with E-state index < -0.39 is 0 Å². The Bertz CT molecular complexity index is 1260. The summed E-state index contributed by atoms with van der Waals surface area (Å²) in [4.78, 5) is 22.2. The van der Waals surface area contributed by atoms with Gasteiger partial charge in [-0.1, -0.05) is 53.2 Å². The molecule has 4 aromatic rings. The third-order valence-corrected chi connectivity index (χ3v) is 7.14. The number of benzene rings is 2. The number of thioether (sulfide) groups is 1. The molecule has 2 aromatic carbocycles. The molecule has 2 heterocycles. The van der Waals surface area contributed by atoms with Crippen molar-refractivity contribution in [3.05, 3.63) is 69.3 Å². The predicted molar refractivity (Wildman–Crippen MR) is 128 cm³/mol. The zero-order valence-corrected chi connectivity index (χ0v) is 19.3. The van der Waals surface area contributed by atoms with Gasteiger partial charge in [-0.15, -0.1) is 11.3 Å². The van der Waals surface area contributed by atoms with Crippen molar-refractivity contribution < 1.29 is 4.79 Å². The van der Waals surface area contributed by atoms with Gasteiger partial charge in [0.2, 0.25) is 5.91 Å². The van der Waals surface area contributed by atoms with E-state index in [0.29, 0.717) is 15.7 Å². The van der Waals surface area contributed by atoms with Crippen LogP contribution in [0.1, 0.15) is 11.1 Å². The average Bonchev–Trinajstić information content (AvgIpc) is 3.16. The first-order valence-electron chi connectivity index (χ1n) is 9.10. The summed E-state index contributed by atoms with van der Waals surface area (Å²) in [6, 6.07) is 11.4. The van der Waals surface area contributed by atoms with Gasteiger partial charge in [0, 0.05) is 16.0 Å². The Kier molecular flexibility index (Phi) is 6.29. The van der Waals surface area contributed by atoms with Gasteiger partial charge in [-0.05, 0) is 48.7 Å². The lowest BCUT2D eigenvalue weighted by molar-refractivity contribution is -0.113. The number of halogens is 2. The van der Waals surface area contributed by atoms with Gasteiger partial charge in [-0.25, -0.2) is 9.97 Å². The lowest BCUT2D eigenvalue weighted by atomic mass is 10.0. The van der Waals surface area contributed by atoms with E-state index >= 15 is 0 Å². The van der Waals surface area contributed by atoms with Crippen LogP contribution in [0.2, 0.25) is 10.0 Å². The maximum Gasteiger partial charge on any atom is 0.234 e. The highest BCUT2D eigenvalue weighted by molar-refractivity contribution is 8.00. The van der Waals surface area contributed by atoms with Crippen LogP contribution in [0, 0.1) is 13.8 Å². The Morgan fingerprint density at radius 3 is 2.73 bits per heavy atom. The minimum atomic E-state index is -0.182. The molecule has 0 aliphatic rings. The Morgan fingerprint density at radius 2 is 1.93 bits per heavy atom. The molecule has 0 fully saturated rings. The first-order chi connectivity index (χ1) is 14.4. The van der Waals surface area contributed by atoms with Gasteiger partial charge in [-0.3, -0.25) is 4.79 Å². The minimum absolute atomic E-state index is 0.182. The smallest absolute Gasteiger partial charge is 0.234 e. The number of hydrogen-bond acceptors (Lipinski definition) is 5. The van der Waals surface area contributed by atoms with Crippen molar-refractivity contribution in [3.63, 3.8) is 0 Å². The molecule has 0 spiro atoms. The summed E-state index contributed by atoms with van der Waals surface area (Å²) in [5, 5.41) is 7.61. The fourth-order valence-corrected chi connectivity index (χ4v) is 5.12. The predicted octanol–water partition coefficient (Wildman–Crippen LogP) is 7.01. The zero-order chi connectivity index (χ0) is 21.3. The van der Waals surface area contributed by atoms with Gasteiger partial charge in [0.1, 0.15) is 16.2 Å². The third-order valence-electron chi connectivity index (χ3n) is 4.70. The molecule has 0 aliphatic heterocycles. The number of anilines is 1. The summed E-state index contributed by atoms with van der Waals surface area (Å²) in [6.07, 6.45) is 1.54. The summed E-state index contributed by atoms with van der Waals surface area (Å²) in [6.45, 7) is 4.20. The number of nitrogens with zero attached hydrogens (tertiary/aromatic N) is 2. The SMILES string of the molecule is Cc1ccc(-c2csc3ncnc(SCC(=O)Nc4cc(Cl)ccc4Cl)c23)cc1C. The van der Waals surface area contributed by atoms with E-state index in [1.807, 2.05) is 0 Å². The van der Waals surface area contributed by atoms with Crippen LogP contribution >= 0.6 is 46.3 Å². The maximum absolute atomic E-state index is 12.5. The fraction of sp³-hybridized carbons (Fsp3) is 0.136. The molecule has 4 rings (SSSR count). The summed E-state index contributed by atoms with van der Waals surface area (Å²) >= 11 is 15.1. The second-order valence-corrected chi connectivity index (χ2v) is 9.43. The number of carbonyl (C=O) groups is 1. The number of fused-ring (bicyclic) bond motifs is 1. The van der Waals surface area contributed by atoms with E-state index in [9.17, 15) is 4.79 Å². The lowest BCUT2D eigenvalue weighted by Crippen LogP contribution is -2.14. The van der Waals surface area contributed by atoms with Crippen molar-refractivity contribution in [3.8, 4) is 11.1 Å². The normalized spacial score (nSPS) is 11.1. The highest BCUT2D eigenvalue weighted by Crippen LogP contribution is 2.38. The summed E-state index contributed by atoms with van der Waals surface area (Å²) in [5.41, 5.74) is 5.18. The van der Waals surface area contributed by atoms with Crippen LogP contribution in [0.15, 0.2) is 53.1 Å². The Hall–Kier alpha value is -2.12. The Labute approximate surface area is 192 Å². The van der Waals surface area contributed by atoms with E-state index in [1.54, 1.807) is 29.5 Å². The first-order valence-corrected chi connectivity index (χ1v) is 11.7. The molecule has 2 aromatic heterocycles. The van der Waals surface area contributed by atoms with Crippen molar-refractivity contribution in [2.45, 2.75) is 18.9 Å². The van der Waals surface area contributed by atoms with Crippen LogP contribution in [0.4, 0.5) is 5.69 Å². The molecule has 0 saturated carbocycles. The second-order valence-electron chi connectivity index (χ2n) is 6.77. The van der Waals surface area contributed by atoms with Crippen LogP contribution in [0.3, 0.4) is 0 Å². The molecule has 30 heavy (non-hydrogen) atoms. The Morgan fingerprint density at radius 1 is 1.10 bits per heavy atom. The number of aromatic nitrogens is 2. The second kappa shape index (κ2) is 8.94. The topological polar surface area (TPSA) is 54.9 Å². The van der Waals surface area contributed by atoms with Crippen LogP contribution in [0.5, 0.6) is 0 Å². The summed E-state index contributed by atoms with van der Waals surface area (Å²) in [5.74, 6) is 0.0101. The maximum atomic E-state index is 12.5. The molecule has 4 nitrogen and oxygen atoms in total. The number of amides is 1. The molecule has 1 N–H and O–H groups in total. The number of carbonyl (C=O) groups excluding carboxylic acids is 1. The number of aryl methyl sites for hydroxylation is 2. The number of hydrogen-bond donors (Lipinski definition) is 1. The van der Waals surface area contributed by atoms with Crippen LogP contribution < -0.4 is 5.32 Å². The minimum Gasteiger partial charge on any atom is -0.324 e. The van der Waals surface area contributed by atoms with E-state index in [0.717, 1.165) is 26.4 Å². The van der Waals surface area contributed by atoms with E-state index in [1.165, 1.54) is 29.2 Å². The fourth-order valence-electron chi connectivity index (χ4n) is 2.99. The van der Waals surface area contributed by atoms with Gasteiger partial charge >= 0.3 is 0 Å². The highest BCUT2D eigenvalue weighted by Gasteiger charge is 2.16. The largest absolute Gasteiger partial charge is 0.324 e. The van der Waals surface area contributed by atoms with Gasteiger partial charge in [-0.2, -0.15) is 0 Å². The molecule has 1 amide bonds. The number of nitrogens with one attached hydrogen (secondary N) is 1. The molecule has 0 unspecified atom stereocenters. The monoisotopic (exact) mass is 473 g/mol. The highest BCUT2D eigenvalue weighted by atomic mass is 35.5. The summed E-state index contributed by atoms with van der Waals surface area (Å²) in [7, 11) is 0. The molecule has 0 bridgehead atoms. The molecular weight excluding hydrogens is 457 g/mol. The van der Waals surface area contributed by atoms with Crippen molar-refractivity contribution in [1.82, 2.24) is 9.97 Å². The van der Waals surface area contributed by atoms with Crippen molar-refractivity contribution in [1.29, 1.82) is 0 Å². The van der Waals surface area contributed by atoms with Crippen LogP contribution in [-0.2, 0) is 4.79 Å². The van der Waals surface area contributed by atoms with Gasteiger partial charge in [0.25, 0.3) is 0 Å². The van der Waals surface area contributed by atoms with Crippen molar-refractivity contribution in [2.75, 3.05) is 11.1 Å². The first kappa shape index (κ1) is 21.1. The average molecular weight is 474 g/mol. The molecule has 0 radical (unpaired) electrons. The van der Waals surface area contributed by atoms with Gasteiger partial charge < -0.3 is 5.32 Å². The molecule has 0 atom stereocenters. The van der Waals surface area contributed by atoms with Crippen LogP contribution in [-0.4, -0.2) is 21.6 Å². The lowest BCUT2D eigenvalue weighted by Gasteiger charge is -2.09. The molecule has 152 valence electrons. The van der Waals surface area contributed by atoms with Crippen LogP contribution in [0.25, 0.3) is 21.3 Å². The number of thiophene rings is 1. The molecule has 8 heteroatoms. The van der Waals surface area contributed by atoms with E-state index in [4.69, 9.17) is 23.2 Å². The Balaban J connectivity index is 1.58. The molecular formula is C22H17Cl2N3OS2. The van der Waals surface area contributed by atoms with Crippen molar-refractivity contribution >= 4 is 68.1 Å². The quantitative estimate of drug-likeness (QED) is 0.250. The van der Waals surface area contributed by atoms with Gasteiger partial charge in [0.05, 0.1) is 21.8 Å². The third kappa shape index (κ3) is 4.47. The zero-order valence-electron chi connectivity index (χ0n) is 16.2.